The molecule has 0 fully saturated rings. The molecule has 0 aliphatic heterocycles. The van der Waals surface area contributed by atoms with E-state index in [1.165, 1.54) is 0 Å². The average molecular weight is 206 g/mol. The minimum Gasteiger partial charge on any atom is -0.159 e. The second kappa shape index (κ2) is 3.92. The molecule has 0 amide bonds. The fourth-order valence-corrected chi connectivity index (χ4v) is 1.69. The SMILES string of the molecule is CC(C)C(C)(C)C(C)(C)c1cccnn1. The van der Waals surface area contributed by atoms with Gasteiger partial charge in [0.2, 0.25) is 0 Å². The van der Waals surface area contributed by atoms with Gasteiger partial charge < -0.3 is 0 Å². The van der Waals surface area contributed by atoms with Crippen LogP contribution >= 0.6 is 0 Å². The zero-order valence-electron chi connectivity index (χ0n) is 10.7. The van der Waals surface area contributed by atoms with Crippen molar-refractivity contribution in [1.82, 2.24) is 10.2 Å². The van der Waals surface area contributed by atoms with E-state index in [1.807, 2.05) is 6.07 Å². The molecule has 0 aromatic carbocycles. The lowest BCUT2D eigenvalue weighted by molar-refractivity contribution is 0.121. The fraction of sp³-hybridized carbons (Fsp3) is 0.692. The van der Waals surface area contributed by atoms with Gasteiger partial charge >= 0.3 is 0 Å². The molecule has 1 rings (SSSR count). The predicted octanol–water partition coefficient (Wildman–Crippen LogP) is 3.44. The minimum atomic E-state index is 0.0371. The Bertz CT molecular complexity index is 313. The highest BCUT2D eigenvalue weighted by molar-refractivity contribution is 5.17. The van der Waals surface area contributed by atoms with Crippen LogP contribution in [0.15, 0.2) is 18.3 Å². The highest BCUT2D eigenvalue weighted by Gasteiger charge is 2.41. The zero-order chi connectivity index (χ0) is 11.7. The van der Waals surface area contributed by atoms with Gasteiger partial charge in [0.15, 0.2) is 0 Å². The third kappa shape index (κ3) is 2.04. The Labute approximate surface area is 93.1 Å². The normalized spacial score (nSPS) is 13.3. The molecule has 1 aromatic heterocycles. The summed E-state index contributed by atoms with van der Waals surface area (Å²) in [6.45, 7) is 13.6. The molecule has 15 heavy (non-hydrogen) atoms. The van der Waals surface area contributed by atoms with Gasteiger partial charge in [0.25, 0.3) is 0 Å². The van der Waals surface area contributed by atoms with Crippen molar-refractivity contribution < 1.29 is 0 Å². The first kappa shape index (κ1) is 12.2. The second-order valence-corrected chi connectivity index (χ2v) is 5.61. The molecular weight excluding hydrogens is 184 g/mol. The van der Waals surface area contributed by atoms with Crippen LogP contribution in [0.2, 0.25) is 0 Å². The summed E-state index contributed by atoms with van der Waals surface area (Å²) in [5.41, 5.74) is 1.31. The predicted molar refractivity (Wildman–Crippen MR) is 63.7 cm³/mol. The monoisotopic (exact) mass is 206 g/mol. The van der Waals surface area contributed by atoms with Crippen molar-refractivity contribution in [2.24, 2.45) is 11.3 Å². The van der Waals surface area contributed by atoms with Gasteiger partial charge in [-0.25, -0.2) is 0 Å². The first-order valence-corrected chi connectivity index (χ1v) is 5.58. The lowest BCUT2D eigenvalue weighted by atomic mass is 9.60. The molecule has 0 N–H and O–H groups in total. The van der Waals surface area contributed by atoms with Crippen molar-refractivity contribution in [2.75, 3.05) is 0 Å². The number of nitrogens with zero attached hydrogens (tertiary/aromatic N) is 2. The molecule has 0 aliphatic rings. The van der Waals surface area contributed by atoms with E-state index in [0.29, 0.717) is 5.92 Å². The third-order valence-corrected chi connectivity index (χ3v) is 4.27. The average Bonchev–Trinajstić information content (AvgIpc) is 2.18. The summed E-state index contributed by atoms with van der Waals surface area (Å²) in [5, 5.41) is 8.22. The van der Waals surface area contributed by atoms with Crippen LogP contribution in [-0.4, -0.2) is 10.2 Å². The maximum Gasteiger partial charge on any atom is 0.0692 e. The molecule has 0 atom stereocenters. The summed E-state index contributed by atoms with van der Waals surface area (Å²) < 4.78 is 0. The Kier molecular flexibility index (Phi) is 3.17. The van der Waals surface area contributed by atoms with Gasteiger partial charge in [-0.2, -0.15) is 10.2 Å². The highest BCUT2D eigenvalue weighted by atomic mass is 15.1. The van der Waals surface area contributed by atoms with E-state index in [9.17, 15) is 0 Å². The molecule has 0 aliphatic carbocycles. The van der Waals surface area contributed by atoms with Crippen molar-refractivity contribution in [2.45, 2.75) is 47.0 Å². The van der Waals surface area contributed by atoms with Crippen LogP contribution in [-0.2, 0) is 5.41 Å². The Balaban J connectivity index is 3.13. The number of hydrogen-bond acceptors (Lipinski definition) is 2. The topological polar surface area (TPSA) is 25.8 Å². The van der Waals surface area contributed by atoms with Crippen LogP contribution in [0.1, 0.15) is 47.2 Å². The Hall–Kier alpha value is -0.920. The summed E-state index contributed by atoms with van der Waals surface area (Å²) in [6, 6.07) is 4.03. The molecule has 0 saturated heterocycles. The summed E-state index contributed by atoms with van der Waals surface area (Å²) in [6.07, 6.45) is 1.72. The van der Waals surface area contributed by atoms with Crippen LogP contribution in [0.5, 0.6) is 0 Å². The van der Waals surface area contributed by atoms with E-state index >= 15 is 0 Å². The first-order chi connectivity index (χ1) is 6.80. The van der Waals surface area contributed by atoms with Gasteiger partial charge in [0.05, 0.1) is 5.69 Å². The summed E-state index contributed by atoms with van der Waals surface area (Å²) in [7, 11) is 0. The largest absolute Gasteiger partial charge is 0.159 e. The fourth-order valence-electron chi connectivity index (χ4n) is 1.69. The van der Waals surface area contributed by atoms with E-state index in [-0.39, 0.29) is 10.8 Å². The van der Waals surface area contributed by atoms with Crippen LogP contribution in [0.25, 0.3) is 0 Å². The molecule has 0 saturated carbocycles. The van der Waals surface area contributed by atoms with Gasteiger partial charge in [-0.15, -0.1) is 0 Å². The quantitative estimate of drug-likeness (QED) is 0.757. The molecule has 1 aromatic rings. The van der Waals surface area contributed by atoms with Gasteiger partial charge in [0, 0.05) is 11.6 Å². The standard InChI is InChI=1S/C13H22N2/c1-10(2)12(3,4)13(5,6)11-8-7-9-14-15-11/h7-10H,1-6H3. The van der Waals surface area contributed by atoms with Crippen molar-refractivity contribution in [1.29, 1.82) is 0 Å². The van der Waals surface area contributed by atoms with Crippen LogP contribution in [0, 0.1) is 11.3 Å². The van der Waals surface area contributed by atoms with Gasteiger partial charge in [-0.1, -0.05) is 41.5 Å². The lowest BCUT2D eigenvalue weighted by Crippen LogP contribution is -2.41. The molecule has 2 heteroatoms. The molecule has 0 bridgehead atoms. The highest BCUT2D eigenvalue weighted by Crippen LogP contribution is 2.45. The van der Waals surface area contributed by atoms with Crippen LogP contribution in [0.3, 0.4) is 0 Å². The van der Waals surface area contributed by atoms with Crippen LogP contribution < -0.4 is 0 Å². The third-order valence-electron chi connectivity index (χ3n) is 4.27. The van der Waals surface area contributed by atoms with E-state index in [4.69, 9.17) is 0 Å². The van der Waals surface area contributed by atoms with E-state index in [1.54, 1.807) is 6.20 Å². The van der Waals surface area contributed by atoms with Gasteiger partial charge in [-0.3, -0.25) is 0 Å². The zero-order valence-corrected chi connectivity index (χ0v) is 10.7. The lowest BCUT2D eigenvalue weighted by Gasteiger charge is -2.44. The van der Waals surface area contributed by atoms with E-state index in [0.717, 1.165) is 5.69 Å². The Morgan fingerprint density at radius 1 is 1.13 bits per heavy atom. The molecular formula is C13H22N2. The molecule has 2 nitrogen and oxygen atoms in total. The van der Waals surface area contributed by atoms with E-state index in [2.05, 4.69) is 57.8 Å². The second-order valence-electron chi connectivity index (χ2n) is 5.61. The van der Waals surface area contributed by atoms with E-state index < -0.39 is 0 Å². The first-order valence-electron chi connectivity index (χ1n) is 5.58. The number of hydrogen-bond donors (Lipinski definition) is 0. The summed E-state index contributed by atoms with van der Waals surface area (Å²) in [4.78, 5) is 0. The van der Waals surface area contributed by atoms with Crippen LogP contribution in [0.4, 0.5) is 0 Å². The molecule has 0 spiro atoms. The molecule has 1 heterocycles. The van der Waals surface area contributed by atoms with Gasteiger partial charge in [0.1, 0.15) is 0 Å². The number of rotatable bonds is 3. The number of aromatic nitrogens is 2. The van der Waals surface area contributed by atoms with Crippen molar-refractivity contribution in [3.05, 3.63) is 24.0 Å². The van der Waals surface area contributed by atoms with Crippen molar-refractivity contribution in [3.63, 3.8) is 0 Å². The maximum absolute atomic E-state index is 4.25. The molecule has 0 radical (unpaired) electrons. The molecule has 84 valence electrons. The van der Waals surface area contributed by atoms with Gasteiger partial charge in [-0.05, 0) is 23.5 Å². The summed E-state index contributed by atoms with van der Waals surface area (Å²) in [5.74, 6) is 0.606. The Morgan fingerprint density at radius 2 is 1.73 bits per heavy atom. The summed E-state index contributed by atoms with van der Waals surface area (Å²) >= 11 is 0. The maximum atomic E-state index is 4.25. The van der Waals surface area contributed by atoms with Crippen molar-refractivity contribution >= 4 is 0 Å². The molecule has 0 unspecified atom stereocenters. The Morgan fingerprint density at radius 3 is 2.13 bits per heavy atom. The smallest absolute Gasteiger partial charge is 0.0692 e. The van der Waals surface area contributed by atoms with Crippen molar-refractivity contribution in [3.8, 4) is 0 Å². The minimum absolute atomic E-state index is 0.0371.